The van der Waals surface area contributed by atoms with Crippen LogP contribution in [0.1, 0.15) is 51.4 Å². The number of nitrogens with one attached hydrogen (secondary N) is 2. The van der Waals surface area contributed by atoms with Gasteiger partial charge in [-0.3, -0.25) is 4.79 Å². The van der Waals surface area contributed by atoms with Crippen LogP contribution in [0.5, 0.6) is 0 Å². The Morgan fingerprint density at radius 2 is 2.00 bits per heavy atom. The number of para-hydroxylation sites is 1. The Balaban J connectivity index is 1.59. The van der Waals surface area contributed by atoms with Crippen molar-refractivity contribution in [2.75, 3.05) is 25.5 Å². The first-order valence-corrected chi connectivity index (χ1v) is 11.6. The third-order valence-electron chi connectivity index (χ3n) is 6.88. The van der Waals surface area contributed by atoms with Gasteiger partial charge < -0.3 is 20.0 Å². The molecule has 2 aliphatic rings. The van der Waals surface area contributed by atoms with Gasteiger partial charge in [-0.05, 0) is 44.4 Å². The lowest BCUT2D eigenvalue weighted by molar-refractivity contribution is -0.124. The van der Waals surface area contributed by atoms with Crippen molar-refractivity contribution in [1.82, 2.24) is 15.2 Å². The molecule has 1 saturated carbocycles. The number of nitrogens with zero attached hydrogens (tertiary/aromatic N) is 3. The number of piperidine rings is 1. The Kier molecular flexibility index (Phi) is 6.75. The van der Waals surface area contributed by atoms with Gasteiger partial charge in [0.05, 0.1) is 11.5 Å². The van der Waals surface area contributed by atoms with E-state index in [9.17, 15) is 14.9 Å². The number of nitriles is 1. The summed E-state index contributed by atoms with van der Waals surface area (Å²) in [6.45, 7) is 1.53. The number of rotatable bonds is 6. The highest BCUT2D eigenvalue weighted by atomic mass is 16.4. The minimum Gasteiger partial charge on any atom is -0.408 e. The molecule has 0 spiro atoms. The summed E-state index contributed by atoms with van der Waals surface area (Å²) in [5.74, 6) is -0.135. The number of carbonyl (C=O) groups excluding carboxylic acids is 1. The Labute approximate surface area is 188 Å². The number of aromatic nitrogens is 1. The van der Waals surface area contributed by atoms with E-state index in [-0.39, 0.29) is 5.91 Å². The fourth-order valence-corrected chi connectivity index (χ4v) is 4.87. The summed E-state index contributed by atoms with van der Waals surface area (Å²) in [5, 5.41) is 16.8. The molecule has 2 heterocycles. The first kappa shape index (κ1) is 22.3. The molecule has 1 saturated heterocycles. The first-order chi connectivity index (χ1) is 15.5. The van der Waals surface area contributed by atoms with Crippen molar-refractivity contribution in [2.45, 2.75) is 62.9 Å². The van der Waals surface area contributed by atoms with Crippen LogP contribution in [0.3, 0.4) is 0 Å². The lowest BCUT2D eigenvalue weighted by Crippen LogP contribution is -2.57. The van der Waals surface area contributed by atoms with Gasteiger partial charge in [-0.25, -0.2) is 4.79 Å². The predicted molar refractivity (Wildman–Crippen MR) is 122 cm³/mol. The highest BCUT2D eigenvalue weighted by Gasteiger charge is 2.37. The molecule has 1 aromatic carbocycles. The summed E-state index contributed by atoms with van der Waals surface area (Å²) in [4.78, 5) is 31.7. The van der Waals surface area contributed by atoms with Crippen molar-refractivity contribution in [3.8, 4) is 6.07 Å². The molecular formula is C24H31N5O3. The summed E-state index contributed by atoms with van der Waals surface area (Å²) in [6.07, 6.45) is 7.58. The smallest absolute Gasteiger partial charge is 0.408 e. The molecule has 1 aliphatic carbocycles. The summed E-state index contributed by atoms with van der Waals surface area (Å²) < 4.78 is 5.20. The quantitative estimate of drug-likeness (QED) is 0.714. The third-order valence-corrected chi connectivity index (χ3v) is 6.88. The molecule has 1 aliphatic heterocycles. The van der Waals surface area contributed by atoms with Gasteiger partial charge in [0.25, 0.3) is 0 Å². The van der Waals surface area contributed by atoms with Crippen LogP contribution in [-0.4, -0.2) is 47.5 Å². The van der Waals surface area contributed by atoms with Crippen LogP contribution in [0, 0.1) is 17.2 Å². The van der Waals surface area contributed by atoms with E-state index < -0.39 is 17.3 Å². The maximum atomic E-state index is 13.5. The number of amides is 1. The zero-order valence-electron chi connectivity index (χ0n) is 18.6. The second kappa shape index (κ2) is 9.70. The van der Waals surface area contributed by atoms with E-state index in [1.165, 1.54) is 19.3 Å². The van der Waals surface area contributed by atoms with E-state index in [1.807, 2.05) is 19.2 Å². The molecule has 0 radical (unpaired) electrons. The van der Waals surface area contributed by atoms with Gasteiger partial charge >= 0.3 is 5.76 Å². The van der Waals surface area contributed by atoms with Gasteiger partial charge in [0.15, 0.2) is 0 Å². The predicted octanol–water partition coefficient (Wildman–Crippen LogP) is 3.04. The van der Waals surface area contributed by atoms with Crippen molar-refractivity contribution < 1.29 is 9.21 Å². The van der Waals surface area contributed by atoms with Gasteiger partial charge in [0.2, 0.25) is 5.91 Å². The SMILES string of the molecule is CN1CCC(C#N)(NC(=O)C(CC2CCCCC2)Nc2nc(=O)oc3ccccc23)CC1. The van der Waals surface area contributed by atoms with Crippen molar-refractivity contribution in [3.63, 3.8) is 0 Å². The van der Waals surface area contributed by atoms with E-state index in [2.05, 4.69) is 26.6 Å². The largest absolute Gasteiger partial charge is 0.441 e. The number of hydrogen-bond donors (Lipinski definition) is 2. The van der Waals surface area contributed by atoms with Gasteiger partial charge in [0.1, 0.15) is 23.0 Å². The first-order valence-electron chi connectivity index (χ1n) is 11.6. The number of hydrogen-bond acceptors (Lipinski definition) is 7. The van der Waals surface area contributed by atoms with E-state index in [0.717, 1.165) is 25.9 Å². The molecule has 1 atom stereocenters. The topological polar surface area (TPSA) is 111 Å². The lowest BCUT2D eigenvalue weighted by Gasteiger charge is -2.37. The van der Waals surface area contributed by atoms with E-state index >= 15 is 0 Å². The molecule has 32 heavy (non-hydrogen) atoms. The summed E-state index contributed by atoms with van der Waals surface area (Å²) in [5.41, 5.74) is -0.433. The highest BCUT2D eigenvalue weighted by Crippen LogP contribution is 2.30. The lowest BCUT2D eigenvalue weighted by atomic mass is 9.84. The molecule has 2 N–H and O–H groups in total. The van der Waals surface area contributed by atoms with Crippen molar-refractivity contribution in [2.24, 2.45) is 5.92 Å². The molecule has 0 bridgehead atoms. The van der Waals surface area contributed by atoms with E-state index in [4.69, 9.17) is 4.42 Å². The van der Waals surface area contributed by atoms with E-state index in [0.29, 0.717) is 42.0 Å². The number of anilines is 1. The molecule has 4 rings (SSSR count). The standard InChI is InChI=1S/C24H31N5O3/c1-29-13-11-24(16-25,12-14-29)28-22(30)19(15-17-7-3-2-4-8-17)26-21-18-9-5-6-10-20(18)32-23(31)27-21/h5-6,9-10,17,19H,2-4,7-8,11-15H2,1H3,(H,28,30)(H,26,27,31). The maximum Gasteiger partial charge on any atom is 0.441 e. The minimum absolute atomic E-state index is 0.208. The number of likely N-dealkylation sites (tertiary alicyclic amines) is 1. The molecule has 1 aromatic heterocycles. The third kappa shape index (κ3) is 5.10. The summed E-state index contributed by atoms with van der Waals surface area (Å²) >= 11 is 0. The average Bonchev–Trinajstić information content (AvgIpc) is 2.81. The Hall–Kier alpha value is -2.92. The van der Waals surface area contributed by atoms with Crippen LogP contribution in [0.25, 0.3) is 11.0 Å². The molecule has 1 unspecified atom stereocenters. The monoisotopic (exact) mass is 437 g/mol. The van der Waals surface area contributed by atoms with Gasteiger partial charge in [-0.2, -0.15) is 10.2 Å². The Morgan fingerprint density at radius 3 is 2.72 bits per heavy atom. The van der Waals surface area contributed by atoms with Crippen LogP contribution < -0.4 is 16.4 Å². The van der Waals surface area contributed by atoms with Crippen LogP contribution in [-0.2, 0) is 4.79 Å². The zero-order chi connectivity index (χ0) is 22.6. The van der Waals surface area contributed by atoms with Crippen LogP contribution in [0.2, 0.25) is 0 Å². The summed E-state index contributed by atoms with van der Waals surface area (Å²) in [6, 6.07) is 8.94. The van der Waals surface area contributed by atoms with Crippen molar-refractivity contribution in [3.05, 3.63) is 34.8 Å². The fraction of sp³-hybridized carbons (Fsp3) is 0.583. The fourth-order valence-electron chi connectivity index (χ4n) is 4.87. The molecule has 8 heteroatoms. The van der Waals surface area contributed by atoms with E-state index in [1.54, 1.807) is 12.1 Å². The Bertz CT molecular complexity index is 1050. The second-order valence-electron chi connectivity index (χ2n) is 9.25. The molecule has 2 aromatic rings. The zero-order valence-corrected chi connectivity index (χ0v) is 18.6. The molecule has 170 valence electrons. The average molecular weight is 438 g/mol. The Morgan fingerprint density at radius 1 is 1.28 bits per heavy atom. The second-order valence-corrected chi connectivity index (χ2v) is 9.25. The number of fused-ring (bicyclic) bond motifs is 1. The minimum atomic E-state index is -0.860. The van der Waals surface area contributed by atoms with Gasteiger partial charge in [0, 0.05) is 13.1 Å². The summed E-state index contributed by atoms with van der Waals surface area (Å²) in [7, 11) is 2.02. The van der Waals surface area contributed by atoms with Gasteiger partial charge in [-0.15, -0.1) is 0 Å². The van der Waals surface area contributed by atoms with Crippen LogP contribution >= 0.6 is 0 Å². The molecule has 8 nitrogen and oxygen atoms in total. The molecular weight excluding hydrogens is 406 g/mol. The normalized spacial score (nSPS) is 20.4. The molecule has 1 amide bonds. The highest BCUT2D eigenvalue weighted by molar-refractivity contribution is 5.91. The number of carbonyl (C=O) groups is 1. The van der Waals surface area contributed by atoms with Gasteiger partial charge in [-0.1, -0.05) is 44.2 Å². The number of benzene rings is 1. The van der Waals surface area contributed by atoms with Crippen LogP contribution in [0.4, 0.5) is 5.82 Å². The van der Waals surface area contributed by atoms with Crippen LogP contribution in [0.15, 0.2) is 33.5 Å². The van der Waals surface area contributed by atoms with Crippen molar-refractivity contribution in [1.29, 1.82) is 5.26 Å². The maximum absolute atomic E-state index is 13.5. The molecule has 2 fully saturated rings. The van der Waals surface area contributed by atoms with Crippen molar-refractivity contribution >= 4 is 22.7 Å².